The van der Waals surface area contributed by atoms with Crippen LogP contribution in [-0.2, 0) is 4.74 Å². The Morgan fingerprint density at radius 1 is 1.27 bits per heavy atom. The van der Waals surface area contributed by atoms with Crippen LogP contribution in [0, 0.1) is 16.7 Å². The molecular formula is C29H34N6O2. The number of likely N-dealkylation sites (tertiary alicyclic amines) is 1. The van der Waals surface area contributed by atoms with Gasteiger partial charge < -0.3 is 30.1 Å². The minimum Gasteiger partial charge on any atom is -0.489 e. The van der Waals surface area contributed by atoms with Gasteiger partial charge in [-0.2, -0.15) is 5.26 Å². The van der Waals surface area contributed by atoms with E-state index in [9.17, 15) is 5.26 Å². The molecule has 0 radical (unpaired) electrons. The van der Waals surface area contributed by atoms with Gasteiger partial charge >= 0.3 is 0 Å². The molecule has 0 unspecified atom stereocenters. The fourth-order valence-corrected chi connectivity index (χ4v) is 5.04. The molecule has 3 aromatic rings. The molecule has 2 fully saturated rings. The first kappa shape index (κ1) is 25.0. The molecule has 2 aromatic heterocycles. The van der Waals surface area contributed by atoms with Crippen LogP contribution in [0.15, 0.2) is 42.9 Å². The number of aromatic amines is 1. The third kappa shape index (κ3) is 5.85. The third-order valence-electron chi connectivity index (χ3n) is 7.31. The summed E-state index contributed by atoms with van der Waals surface area (Å²) in [4.78, 5) is 10.3. The predicted octanol–water partition coefficient (Wildman–Crippen LogP) is 4.72. The zero-order valence-corrected chi connectivity index (χ0v) is 21.3. The first-order valence-corrected chi connectivity index (χ1v) is 13.0. The van der Waals surface area contributed by atoms with Gasteiger partial charge in [0.15, 0.2) is 0 Å². The SMILES string of the molecule is CN1CCC(N/C=C(\CC=N)c2cnc3[nH]cc(-c4ccc(OC5CCOCC5)c(C#N)c4)c3c2)CC1. The average Bonchev–Trinajstić information content (AvgIpc) is 3.36. The van der Waals surface area contributed by atoms with E-state index in [1.807, 2.05) is 30.6 Å². The first-order chi connectivity index (χ1) is 18.1. The second-order valence-electron chi connectivity index (χ2n) is 9.90. The number of hydrogen-bond donors (Lipinski definition) is 3. The first-order valence-electron chi connectivity index (χ1n) is 13.0. The Kier molecular flexibility index (Phi) is 7.83. The largest absolute Gasteiger partial charge is 0.489 e. The zero-order chi connectivity index (χ0) is 25.6. The molecule has 37 heavy (non-hydrogen) atoms. The minimum atomic E-state index is 0.0775. The number of nitriles is 1. The smallest absolute Gasteiger partial charge is 0.137 e. The number of ether oxygens (including phenoxy) is 2. The molecule has 2 aliphatic rings. The van der Waals surface area contributed by atoms with Gasteiger partial charge in [0.25, 0.3) is 0 Å². The summed E-state index contributed by atoms with van der Waals surface area (Å²) in [7, 11) is 2.16. The van der Waals surface area contributed by atoms with Crippen molar-refractivity contribution >= 4 is 22.8 Å². The number of pyridine rings is 1. The maximum Gasteiger partial charge on any atom is 0.137 e. The van der Waals surface area contributed by atoms with Gasteiger partial charge in [0.2, 0.25) is 0 Å². The van der Waals surface area contributed by atoms with E-state index in [-0.39, 0.29) is 6.10 Å². The van der Waals surface area contributed by atoms with Gasteiger partial charge in [0.05, 0.1) is 18.8 Å². The van der Waals surface area contributed by atoms with Gasteiger partial charge in [0.1, 0.15) is 23.6 Å². The van der Waals surface area contributed by atoms with Gasteiger partial charge in [-0.3, -0.25) is 0 Å². The van der Waals surface area contributed by atoms with Crippen LogP contribution in [-0.4, -0.2) is 66.6 Å². The van der Waals surface area contributed by atoms with Crippen molar-refractivity contribution in [2.45, 2.75) is 44.2 Å². The molecular weight excluding hydrogens is 464 g/mol. The number of H-pyrrole nitrogens is 1. The maximum absolute atomic E-state index is 9.83. The van der Waals surface area contributed by atoms with Gasteiger partial charge in [-0.15, -0.1) is 0 Å². The van der Waals surface area contributed by atoms with Crippen LogP contribution < -0.4 is 10.1 Å². The normalized spacial score (nSPS) is 18.0. The Labute approximate surface area is 217 Å². The van der Waals surface area contributed by atoms with Crippen LogP contribution in [0.3, 0.4) is 0 Å². The highest BCUT2D eigenvalue weighted by molar-refractivity contribution is 5.96. The summed E-state index contributed by atoms with van der Waals surface area (Å²) in [6.45, 7) is 3.57. The van der Waals surface area contributed by atoms with Crippen molar-refractivity contribution < 1.29 is 9.47 Å². The van der Waals surface area contributed by atoms with Crippen molar-refractivity contribution in [3.8, 4) is 22.9 Å². The summed E-state index contributed by atoms with van der Waals surface area (Å²) in [6, 6.07) is 10.7. The fraction of sp³-hybridized carbons (Fsp3) is 0.414. The topological polar surface area (TPSA) is 110 Å². The molecule has 0 aliphatic carbocycles. The molecule has 0 saturated carbocycles. The van der Waals surface area contributed by atoms with Crippen molar-refractivity contribution in [3.05, 3.63) is 54.0 Å². The van der Waals surface area contributed by atoms with Gasteiger partial charge in [-0.25, -0.2) is 4.98 Å². The molecule has 0 bridgehead atoms. The number of benzene rings is 1. The summed E-state index contributed by atoms with van der Waals surface area (Å²) in [6.07, 6.45) is 11.8. The minimum absolute atomic E-state index is 0.0775. The number of fused-ring (bicyclic) bond motifs is 1. The van der Waals surface area contributed by atoms with Crippen LogP contribution in [0.2, 0.25) is 0 Å². The number of hydrogen-bond acceptors (Lipinski definition) is 7. The molecule has 192 valence electrons. The molecule has 2 saturated heterocycles. The number of aromatic nitrogens is 2. The van der Waals surface area contributed by atoms with Crippen LogP contribution in [0.5, 0.6) is 5.75 Å². The van der Waals surface area contributed by atoms with E-state index in [1.54, 1.807) is 0 Å². The second kappa shape index (κ2) is 11.6. The Morgan fingerprint density at radius 3 is 2.84 bits per heavy atom. The lowest BCUT2D eigenvalue weighted by atomic mass is 9.99. The zero-order valence-electron chi connectivity index (χ0n) is 21.3. The van der Waals surface area contributed by atoms with Crippen molar-refractivity contribution in [2.75, 3.05) is 33.4 Å². The van der Waals surface area contributed by atoms with E-state index < -0.39 is 0 Å². The number of nitrogens with one attached hydrogen (secondary N) is 3. The quantitative estimate of drug-likeness (QED) is 0.388. The van der Waals surface area contributed by atoms with Gasteiger partial charge in [-0.05, 0) is 74.1 Å². The van der Waals surface area contributed by atoms with Crippen LogP contribution in [0.4, 0.5) is 0 Å². The maximum atomic E-state index is 9.83. The molecule has 8 heteroatoms. The standard InChI is InChI=1S/C29H34N6O2/c1-35-10-5-24(6-11-35)32-17-21(4-9-30)23-15-26-27(19-34-29(26)33-18-23)20-2-3-28(22(14-20)16-31)37-25-7-12-36-13-8-25/h2-3,9,14-15,17-19,24-25,30,32H,4-8,10-13H2,1H3,(H,33,34)/b21-17+,30-9?. The number of nitrogens with zero attached hydrogens (tertiary/aromatic N) is 3. The van der Waals surface area contributed by atoms with Crippen molar-refractivity contribution in [1.29, 1.82) is 10.7 Å². The highest BCUT2D eigenvalue weighted by Gasteiger charge is 2.19. The molecule has 8 nitrogen and oxygen atoms in total. The molecule has 3 N–H and O–H groups in total. The summed E-state index contributed by atoms with van der Waals surface area (Å²) in [5, 5.41) is 22.1. The summed E-state index contributed by atoms with van der Waals surface area (Å²) in [5.74, 6) is 0.619. The van der Waals surface area contributed by atoms with E-state index in [0.717, 1.165) is 72.1 Å². The predicted molar refractivity (Wildman–Crippen MR) is 146 cm³/mol. The summed E-state index contributed by atoms with van der Waals surface area (Å²) < 4.78 is 11.6. The summed E-state index contributed by atoms with van der Waals surface area (Å²) >= 11 is 0. The lowest BCUT2D eigenvalue weighted by Gasteiger charge is -2.29. The highest BCUT2D eigenvalue weighted by atomic mass is 16.5. The van der Waals surface area contributed by atoms with E-state index in [2.05, 4.69) is 45.6 Å². The molecule has 5 rings (SSSR count). The highest BCUT2D eigenvalue weighted by Crippen LogP contribution is 2.33. The van der Waals surface area contributed by atoms with Crippen molar-refractivity contribution in [1.82, 2.24) is 20.2 Å². The Morgan fingerprint density at radius 2 is 2.08 bits per heavy atom. The van der Waals surface area contributed by atoms with Crippen molar-refractivity contribution in [2.24, 2.45) is 0 Å². The Balaban J connectivity index is 1.41. The molecule has 2 aliphatic heterocycles. The Bertz CT molecular complexity index is 1310. The molecule has 0 amide bonds. The third-order valence-corrected chi connectivity index (χ3v) is 7.31. The van der Waals surface area contributed by atoms with Crippen molar-refractivity contribution in [3.63, 3.8) is 0 Å². The van der Waals surface area contributed by atoms with Gasteiger partial charge in [0, 0.05) is 54.8 Å². The summed E-state index contributed by atoms with van der Waals surface area (Å²) in [5.41, 5.74) is 5.25. The lowest BCUT2D eigenvalue weighted by molar-refractivity contribution is 0.0254. The average molecular weight is 499 g/mol. The lowest BCUT2D eigenvalue weighted by Crippen LogP contribution is -2.38. The van der Waals surface area contributed by atoms with Crippen LogP contribution in [0.25, 0.3) is 27.7 Å². The van der Waals surface area contributed by atoms with E-state index in [0.29, 0.717) is 37.0 Å². The van der Waals surface area contributed by atoms with E-state index in [1.165, 1.54) is 6.21 Å². The number of rotatable bonds is 8. The number of allylic oxidation sites excluding steroid dienone is 1. The van der Waals surface area contributed by atoms with E-state index in [4.69, 9.17) is 14.9 Å². The van der Waals surface area contributed by atoms with Crippen LogP contribution >= 0.6 is 0 Å². The molecule has 0 atom stereocenters. The Hall–Kier alpha value is -3.67. The van der Waals surface area contributed by atoms with E-state index >= 15 is 0 Å². The van der Waals surface area contributed by atoms with Gasteiger partial charge in [-0.1, -0.05) is 6.07 Å². The molecule has 0 spiro atoms. The monoisotopic (exact) mass is 498 g/mol. The van der Waals surface area contributed by atoms with Crippen LogP contribution in [0.1, 0.15) is 43.2 Å². The molecule has 4 heterocycles. The fourth-order valence-electron chi connectivity index (χ4n) is 5.04. The second-order valence-corrected chi connectivity index (χ2v) is 9.90. The molecule has 1 aromatic carbocycles. The number of piperidine rings is 1.